The molecule has 0 saturated heterocycles. The zero-order chi connectivity index (χ0) is 17.5. The van der Waals surface area contributed by atoms with Crippen LogP contribution >= 0.6 is 0 Å². The third kappa shape index (κ3) is 3.62. The summed E-state index contributed by atoms with van der Waals surface area (Å²) in [5.74, 6) is 1.14. The summed E-state index contributed by atoms with van der Waals surface area (Å²) in [7, 11) is -1.71. The van der Waals surface area contributed by atoms with Crippen LogP contribution in [-0.4, -0.2) is 26.1 Å². The number of hydrogen-bond acceptors (Lipinski definition) is 2. The molecule has 1 saturated carbocycles. The molecule has 0 bridgehead atoms. The first-order valence-corrected chi connectivity index (χ1v) is 12.4. The topological polar surface area (TPSA) is 29.5 Å². The lowest BCUT2D eigenvalue weighted by molar-refractivity contribution is 0.0156. The minimum absolute atomic E-state index is 0.278. The molecule has 4 atom stereocenters. The minimum Gasteiger partial charge on any atom is -0.414 e. The van der Waals surface area contributed by atoms with E-state index in [-0.39, 0.29) is 5.04 Å². The Balaban J connectivity index is 2.16. The summed E-state index contributed by atoms with van der Waals surface area (Å²) in [5.41, 5.74) is 1.89. The Morgan fingerprint density at radius 1 is 1.39 bits per heavy atom. The van der Waals surface area contributed by atoms with Crippen LogP contribution in [0, 0.1) is 17.3 Å². The molecule has 2 aliphatic rings. The molecular weight excluding hydrogens is 300 g/mol. The third-order valence-electron chi connectivity index (χ3n) is 7.05. The van der Waals surface area contributed by atoms with Gasteiger partial charge >= 0.3 is 0 Å². The van der Waals surface area contributed by atoms with Crippen molar-refractivity contribution < 1.29 is 9.53 Å². The second-order valence-corrected chi connectivity index (χ2v) is 14.4. The van der Waals surface area contributed by atoms with Crippen molar-refractivity contribution >= 4 is 8.32 Å². The summed E-state index contributed by atoms with van der Waals surface area (Å²) in [4.78, 5) is 0. The number of hydrogen-bond donors (Lipinski definition) is 1. The predicted octanol–water partition coefficient (Wildman–Crippen LogP) is 5.53. The van der Waals surface area contributed by atoms with Crippen molar-refractivity contribution in [2.24, 2.45) is 17.3 Å². The molecule has 2 nitrogen and oxygen atoms in total. The van der Waals surface area contributed by atoms with Gasteiger partial charge in [0.15, 0.2) is 8.32 Å². The number of allylic oxidation sites excluding steroid dienone is 2. The maximum Gasteiger partial charge on any atom is 0.192 e. The smallest absolute Gasteiger partial charge is 0.192 e. The van der Waals surface area contributed by atoms with Crippen molar-refractivity contribution in [3.8, 4) is 0 Å². The lowest BCUT2D eigenvalue weighted by atomic mass is 9.63. The van der Waals surface area contributed by atoms with E-state index in [4.69, 9.17) is 4.43 Å². The third-order valence-corrected chi connectivity index (χ3v) is 11.6. The summed E-state index contributed by atoms with van der Waals surface area (Å²) in [6.45, 7) is 16.8. The highest BCUT2D eigenvalue weighted by Crippen LogP contribution is 2.56. The Bertz CT molecular complexity index is 449. The van der Waals surface area contributed by atoms with Gasteiger partial charge in [0.1, 0.15) is 0 Å². The van der Waals surface area contributed by atoms with Crippen LogP contribution in [0.15, 0.2) is 11.6 Å². The van der Waals surface area contributed by atoms with Gasteiger partial charge in [0.25, 0.3) is 0 Å². The Morgan fingerprint density at radius 2 is 2.04 bits per heavy atom. The van der Waals surface area contributed by atoms with E-state index in [2.05, 4.69) is 53.8 Å². The van der Waals surface area contributed by atoms with Gasteiger partial charge in [-0.05, 0) is 61.1 Å². The summed E-state index contributed by atoms with van der Waals surface area (Å²) >= 11 is 0. The fourth-order valence-corrected chi connectivity index (χ4v) is 5.93. The largest absolute Gasteiger partial charge is 0.414 e. The molecule has 1 N–H and O–H groups in total. The van der Waals surface area contributed by atoms with Crippen LogP contribution in [0.1, 0.15) is 66.7 Å². The average molecular weight is 339 g/mol. The quantitative estimate of drug-likeness (QED) is 0.527. The minimum atomic E-state index is -1.71. The molecule has 2 rings (SSSR count). The molecule has 0 radical (unpaired) electrons. The summed E-state index contributed by atoms with van der Waals surface area (Å²) in [6.07, 6.45) is 8.75. The van der Waals surface area contributed by atoms with Gasteiger partial charge in [-0.3, -0.25) is 0 Å². The van der Waals surface area contributed by atoms with Crippen molar-refractivity contribution in [1.82, 2.24) is 0 Å². The second kappa shape index (κ2) is 6.65. The molecule has 23 heavy (non-hydrogen) atoms. The van der Waals surface area contributed by atoms with Gasteiger partial charge in [0, 0.05) is 12.7 Å². The van der Waals surface area contributed by atoms with Crippen LogP contribution in [0.3, 0.4) is 0 Å². The summed E-state index contributed by atoms with van der Waals surface area (Å²) in [5, 5.41) is 9.60. The molecule has 3 heteroatoms. The molecule has 0 amide bonds. The van der Waals surface area contributed by atoms with Gasteiger partial charge in [0.2, 0.25) is 0 Å². The number of fused-ring (bicyclic) bond motifs is 1. The lowest BCUT2D eigenvalue weighted by Crippen LogP contribution is -2.49. The lowest BCUT2D eigenvalue weighted by Gasteiger charge is -2.49. The van der Waals surface area contributed by atoms with Crippen LogP contribution in [0.2, 0.25) is 18.1 Å². The van der Waals surface area contributed by atoms with Crippen molar-refractivity contribution in [1.29, 1.82) is 0 Å². The molecule has 0 aliphatic heterocycles. The molecule has 0 aromatic carbocycles. The Hall–Kier alpha value is -0.123. The van der Waals surface area contributed by atoms with E-state index in [1.54, 1.807) is 5.57 Å². The van der Waals surface area contributed by atoms with Crippen LogP contribution < -0.4 is 0 Å². The van der Waals surface area contributed by atoms with Gasteiger partial charge in [-0.15, -0.1) is 0 Å². The van der Waals surface area contributed by atoms with Crippen molar-refractivity contribution in [3.63, 3.8) is 0 Å². The maximum absolute atomic E-state index is 9.33. The SMILES string of the molecule is C[C@H](CCO)C1=CC[C@H]2C(O[Si](C)(C)C(C)(C)C)CCC[C@]12C. The van der Waals surface area contributed by atoms with E-state index in [1.165, 1.54) is 25.7 Å². The predicted molar refractivity (Wildman–Crippen MR) is 101 cm³/mol. The Labute approximate surface area is 144 Å². The molecule has 1 unspecified atom stereocenters. The number of aliphatic hydroxyl groups is 1. The summed E-state index contributed by atoms with van der Waals surface area (Å²) in [6, 6.07) is 0. The van der Waals surface area contributed by atoms with E-state index in [0.717, 1.165) is 6.42 Å². The van der Waals surface area contributed by atoms with Crippen LogP contribution in [-0.2, 0) is 4.43 Å². The van der Waals surface area contributed by atoms with Crippen molar-refractivity contribution in [2.75, 3.05) is 6.61 Å². The molecule has 0 heterocycles. The van der Waals surface area contributed by atoms with Crippen molar-refractivity contribution in [2.45, 2.75) is 91.0 Å². The molecule has 0 spiro atoms. The molecule has 0 aromatic heterocycles. The van der Waals surface area contributed by atoms with Crippen LogP contribution in [0.4, 0.5) is 0 Å². The average Bonchev–Trinajstić information content (AvgIpc) is 2.75. The van der Waals surface area contributed by atoms with E-state index in [9.17, 15) is 5.11 Å². The van der Waals surface area contributed by atoms with Gasteiger partial charge < -0.3 is 9.53 Å². The highest BCUT2D eigenvalue weighted by atomic mass is 28.4. The first-order valence-electron chi connectivity index (χ1n) is 9.52. The highest BCUT2D eigenvalue weighted by Gasteiger charge is 2.51. The maximum atomic E-state index is 9.33. The number of rotatable bonds is 5. The molecule has 134 valence electrons. The zero-order valence-corrected chi connectivity index (χ0v) is 17.4. The monoisotopic (exact) mass is 338 g/mol. The van der Waals surface area contributed by atoms with E-state index >= 15 is 0 Å². The van der Waals surface area contributed by atoms with Crippen LogP contribution in [0.25, 0.3) is 0 Å². The fraction of sp³-hybridized carbons (Fsp3) is 0.900. The van der Waals surface area contributed by atoms with E-state index < -0.39 is 8.32 Å². The molecule has 1 fully saturated rings. The molecular formula is C20H38O2Si. The molecule has 2 aliphatic carbocycles. The van der Waals surface area contributed by atoms with E-state index in [1.807, 2.05) is 0 Å². The normalized spacial score (nSPS) is 33.3. The Morgan fingerprint density at radius 3 is 2.61 bits per heavy atom. The van der Waals surface area contributed by atoms with E-state index in [0.29, 0.717) is 30.0 Å². The second-order valence-electron chi connectivity index (χ2n) is 9.64. The van der Waals surface area contributed by atoms with Crippen molar-refractivity contribution in [3.05, 3.63) is 11.6 Å². The first-order chi connectivity index (χ1) is 10.5. The Kier molecular flexibility index (Phi) is 5.55. The molecule has 0 aromatic rings. The van der Waals surface area contributed by atoms with Gasteiger partial charge in [-0.2, -0.15) is 0 Å². The highest BCUT2D eigenvalue weighted by molar-refractivity contribution is 6.74. The summed E-state index contributed by atoms with van der Waals surface area (Å²) < 4.78 is 6.87. The number of aliphatic hydroxyl groups excluding tert-OH is 1. The fourth-order valence-electron chi connectivity index (χ4n) is 4.53. The zero-order valence-electron chi connectivity index (χ0n) is 16.4. The van der Waals surface area contributed by atoms with Gasteiger partial charge in [-0.1, -0.05) is 52.7 Å². The van der Waals surface area contributed by atoms with Crippen LogP contribution in [0.5, 0.6) is 0 Å². The first kappa shape index (κ1) is 19.2. The standard InChI is InChI=1S/C20H38O2Si/c1-15(12-14-21)16-10-11-17-18(9-8-13-20(16,17)5)22-23(6,7)19(2,3)4/h10,15,17-18,21H,8-9,11-14H2,1-7H3/t15-,17+,18?,20-/m1/s1. The van der Waals surface area contributed by atoms with Gasteiger partial charge in [-0.25, -0.2) is 0 Å². The van der Waals surface area contributed by atoms with Gasteiger partial charge in [0.05, 0.1) is 0 Å².